The van der Waals surface area contributed by atoms with E-state index in [-0.39, 0.29) is 18.2 Å². The molecule has 0 fully saturated rings. The van der Waals surface area contributed by atoms with E-state index in [1.807, 2.05) is 20.8 Å². The van der Waals surface area contributed by atoms with Crippen LogP contribution in [0.1, 0.15) is 27.2 Å². The second-order valence-electron chi connectivity index (χ2n) is 5.95. The Kier molecular flexibility index (Phi) is 4.87. The van der Waals surface area contributed by atoms with Crippen LogP contribution in [0.3, 0.4) is 0 Å². The molecule has 1 aliphatic heterocycles. The highest BCUT2D eigenvalue weighted by atomic mass is 35.5. The maximum absolute atomic E-state index is 11.6. The molecule has 120 valence electrons. The zero-order valence-corrected chi connectivity index (χ0v) is 14.1. The van der Waals surface area contributed by atoms with Gasteiger partial charge in [0.2, 0.25) is 5.90 Å². The summed E-state index contributed by atoms with van der Waals surface area (Å²) in [6, 6.07) is 4.63. The molecule has 7 heteroatoms. The summed E-state index contributed by atoms with van der Waals surface area (Å²) in [6.45, 7) is 5.94. The molecule has 0 radical (unpaired) electrons. The Morgan fingerprint density at radius 2 is 2.00 bits per heavy atom. The molecule has 0 aromatic heterocycles. The van der Waals surface area contributed by atoms with Gasteiger partial charge in [0.05, 0.1) is 17.3 Å². The first-order valence-corrected chi connectivity index (χ1v) is 7.64. The fourth-order valence-corrected chi connectivity index (χ4v) is 3.07. The highest BCUT2D eigenvalue weighted by Gasteiger charge is 2.30. The van der Waals surface area contributed by atoms with Gasteiger partial charge in [-0.1, -0.05) is 23.2 Å². The number of aliphatic imine (C=N–C) groups is 1. The molecule has 1 heterocycles. The summed E-state index contributed by atoms with van der Waals surface area (Å²) < 4.78 is 5.66. The van der Waals surface area contributed by atoms with Crippen molar-refractivity contribution in [2.75, 3.05) is 11.4 Å². The Morgan fingerprint density at radius 1 is 1.41 bits per heavy atom. The lowest BCUT2D eigenvalue weighted by molar-refractivity contribution is 0.141. The Bertz CT molecular complexity index is 597. The van der Waals surface area contributed by atoms with Gasteiger partial charge in [0, 0.05) is 16.5 Å². The van der Waals surface area contributed by atoms with Crippen molar-refractivity contribution < 1.29 is 14.6 Å². The van der Waals surface area contributed by atoms with E-state index in [2.05, 4.69) is 4.99 Å². The van der Waals surface area contributed by atoms with Crippen molar-refractivity contribution in [3.63, 3.8) is 0 Å². The summed E-state index contributed by atoms with van der Waals surface area (Å²) in [5.74, 6) is 0.391. The molecule has 1 aliphatic rings. The largest absolute Gasteiger partial charge is 0.477 e. The van der Waals surface area contributed by atoms with Crippen LogP contribution in [0, 0.1) is 0 Å². The van der Waals surface area contributed by atoms with Gasteiger partial charge in [-0.2, -0.15) is 0 Å². The van der Waals surface area contributed by atoms with Crippen LogP contribution in [0.4, 0.5) is 10.5 Å². The summed E-state index contributed by atoms with van der Waals surface area (Å²) >= 11 is 11.9. The number of benzene rings is 1. The van der Waals surface area contributed by atoms with Crippen LogP contribution in [-0.4, -0.2) is 35.3 Å². The van der Waals surface area contributed by atoms with E-state index < -0.39 is 6.09 Å². The predicted molar refractivity (Wildman–Crippen MR) is 88.5 cm³/mol. The number of anilines is 1. The second kappa shape index (κ2) is 6.34. The van der Waals surface area contributed by atoms with Crippen molar-refractivity contribution in [2.45, 2.75) is 38.8 Å². The van der Waals surface area contributed by atoms with Crippen LogP contribution in [0.5, 0.6) is 0 Å². The van der Waals surface area contributed by atoms with Gasteiger partial charge in [-0.3, -0.25) is 4.90 Å². The molecule has 0 saturated carbocycles. The third kappa shape index (κ3) is 4.27. The first-order chi connectivity index (χ1) is 10.2. The van der Waals surface area contributed by atoms with Crippen molar-refractivity contribution in [1.82, 2.24) is 0 Å². The lowest BCUT2D eigenvalue weighted by atomic mass is 9.97. The highest BCUT2D eigenvalue weighted by molar-refractivity contribution is 6.35. The molecule has 5 nitrogen and oxygen atoms in total. The van der Waals surface area contributed by atoms with Gasteiger partial charge in [-0.25, -0.2) is 9.79 Å². The molecule has 22 heavy (non-hydrogen) atoms. The van der Waals surface area contributed by atoms with E-state index in [4.69, 9.17) is 27.9 Å². The zero-order chi connectivity index (χ0) is 16.5. The van der Waals surface area contributed by atoms with Crippen molar-refractivity contribution in [3.8, 4) is 0 Å². The lowest BCUT2D eigenvalue weighted by Gasteiger charge is -2.33. The minimum Gasteiger partial charge on any atom is -0.477 e. The van der Waals surface area contributed by atoms with Crippen LogP contribution >= 0.6 is 23.2 Å². The highest BCUT2D eigenvalue weighted by Crippen LogP contribution is 2.28. The fraction of sp³-hybridized carbons (Fsp3) is 0.467. The molecule has 0 spiro atoms. The number of nitrogens with zero attached hydrogens (tertiary/aromatic N) is 2. The summed E-state index contributed by atoms with van der Waals surface area (Å²) in [5.41, 5.74) is 0.107. The molecule has 1 aromatic carbocycles. The Labute approximate surface area is 139 Å². The van der Waals surface area contributed by atoms with E-state index >= 15 is 0 Å². The van der Waals surface area contributed by atoms with Gasteiger partial charge in [-0.05, 0) is 39.0 Å². The van der Waals surface area contributed by atoms with Crippen molar-refractivity contribution >= 4 is 40.9 Å². The predicted octanol–water partition coefficient (Wildman–Crippen LogP) is 4.46. The number of carboxylic acid groups (broad SMARTS) is 1. The van der Waals surface area contributed by atoms with Crippen LogP contribution in [-0.2, 0) is 4.74 Å². The fourth-order valence-electron chi connectivity index (χ4n) is 2.56. The van der Waals surface area contributed by atoms with Gasteiger partial charge in [-0.15, -0.1) is 0 Å². The molecular formula is C15H18Cl2N2O3. The number of ether oxygens (including phenoxy) is 1. The molecule has 1 atom stereocenters. The SMILES string of the molecule is CC1CC(C)(C)N=C(CN(C(=O)O)c2cc(Cl)cc(Cl)c2)O1. The first-order valence-electron chi connectivity index (χ1n) is 6.88. The number of carbonyl (C=O) groups is 1. The van der Waals surface area contributed by atoms with Crippen molar-refractivity contribution in [2.24, 2.45) is 4.99 Å². The van der Waals surface area contributed by atoms with Crippen LogP contribution in [0.15, 0.2) is 23.2 Å². The van der Waals surface area contributed by atoms with Crippen LogP contribution in [0.2, 0.25) is 10.0 Å². The molecule has 0 saturated heterocycles. The number of amides is 1. The van der Waals surface area contributed by atoms with Gasteiger partial charge in [0.15, 0.2) is 0 Å². The Hall–Kier alpha value is -1.46. The first kappa shape index (κ1) is 16.9. The third-order valence-corrected chi connectivity index (χ3v) is 3.67. The molecule has 1 unspecified atom stereocenters. The van der Waals surface area contributed by atoms with Crippen LogP contribution < -0.4 is 4.90 Å². The van der Waals surface area contributed by atoms with E-state index in [0.29, 0.717) is 21.6 Å². The molecular weight excluding hydrogens is 327 g/mol. The molecule has 2 rings (SSSR count). The quantitative estimate of drug-likeness (QED) is 0.880. The van der Waals surface area contributed by atoms with E-state index in [1.54, 1.807) is 18.2 Å². The number of halogens is 2. The third-order valence-electron chi connectivity index (χ3n) is 3.23. The lowest BCUT2D eigenvalue weighted by Crippen LogP contribution is -2.41. The van der Waals surface area contributed by atoms with Crippen molar-refractivity contribution in [3.05, 3.63) is 28.2 Å². The topological polar surface area (TPSA) is 62.1 Å². The summed E-state index contributed by atoms with van der Waals surface area (Å²) in [6.07, 6.45) is -0.353. The molecule has 0 bridgehead atoms. The summed E-state index contributed by atoms with van der Waals surface area (Å²) in [7, 11) is 0. The number of hydrogen-bond donors (Lipinski definition) is 1. The monoisotopic (exact) mass is 344 g/mol. The van der Waals surface area contributed by atoms with Gasteiger partial charge in [0.1, 0.15) is 6.54 Å². The molecule has 1 N–H and O–H groups in total. The Balaban J connectivity index is 2.30. The minimum atomic E-state index is -1.12. The van der Waals surface area contributed by atoms with E-state index in [1.165, 1.54) is 0 Å². The molecule has 1 amide bonds. The van der Waals surface area contributed by atoms with E-state index in [0.717, 1.165) is 11.3 Å². The standard InChI is InChI=1S/C15H18Cl2N2O3/c1-9-7-15(2,3)18-13(22-9)8-19(14(20)21)12-5-10(16)4-11(17)6-12/h4-6,9H,7-8H2,1-3H3,(H,20,21). The minimum absolute atomic E-state index is 0.0129. The van der Waals surface area contributed by atoms with Crippen LogP contribution in [0.25, 0.3) is 0 Å². The van der Waals surface area contributed by atoms with Gasteiger partial charge in [0.25, 0.3) is 0 Å². The smallest absolute Gasteiger partial charge is 0.412 e. The maximum atomic E-state index is 11.6. The normalized spacial score (nSPS) is 20.0. The maximum Gasteiger partial charge on any atom is 0.412 e. The number of hydrogen-bond acceptors (Lipinski definition) is 3. The summed E-state index contributed by atoms with van der Waals surface area (Å²) in [5, 5.41) is 10.2. The summed E-state index contributed by atoms with van der Waals surface area (Å²) in [4.78, 5) is 17.2. The second-order valence-corrected chi connectivity index (χ2v) is 6.82. The Morgan fingerprint density at radius 3 is 2.50 bits per heavy atom. The zero-order valence-electron chi connectivity index (χ0n) is 12.6. The van der Waals surface area contributed by atoms with Gasteiger partial charge < -0.3 is 9.84 Å². The van der Waals surface area contributed by atoms with E-state index in [9.17, 15) is 9.90 Å². The van der Waals surface area contributed by atoms with Gasteiger partial charge >= 0.3 is 6.09 Å². The molecule has 1 aromatic rings. The molecule has 0 aliphatic carbocycles. The average Bonchev–Trinajstić information content (AvgIpc) is 2.31. The average molecular weight is 345 g/mol. The number of rotatable bonds is 3. The van der Waals surface area contributed by atoms with Crippen molar-refractivity contribution in [1.29, 1.82) is 0 Å².